The lowest BCUT2D eigenvalue weighted by molar-refractivity contribution is 0.0568. The van der Waals surface area contributed by atoms with E-state index in [9.17, 15) is 14.4 Å². The fraction of sp³-hybridized carbons (Fsp3) is 0.545. The maximum atomic E-state index is 13.2. The number of anilines is 1. The number of rotatable bonds is 19. The number of likely N-dealkylation sites (N-methyl/N-ethyl adjacent to an activating group) is 1. The van der Waals surface area contributed by atoms with Gasteiger partial charge in [-0.2, -0.15) is 0 Å². The van der Waals surface area contributed by atoms with Gasteiger partial charge < -0.3 is 15.5 Å². The van der Waals surface area contributed by atoms with E-state index >= 15 is 0 Å². The van der Waals surface area contributed by atoms with Crippen molar-refractivity contribution in [2.45, 2.75) is 84.6 Å². The zero-order chi connectivity index (χ0) is 28.7. The molecule has 0 aliphatic carbocycles. The minimum absolute atomic E-state index is 0.0703. The molecule has 2 aromatic carbocycles. The monoisotopic (exact) mass is 548 g/mol. The number of nitrogens with one attached hydrogen (secondary N) is 2. The van der Waals surface area contributed by atoms with Crippen molar-refractivity contribution in [3.63, 3.8) is 0 Å². The molecule has 40 heavy (non-hydrogen) atoms. The van der Waals surface area contributed by atoms with Gasteiger partial charge in [-0.05, 0) is 62.3 Å². The molecule has 0 fully saturated rings. The molecule has 0 radical (unpaired) electrons. The highest BCUT2D eigenvalue weighted by Crippen LogP contribution is 2.28. The van der Waals surface area contributed by atoms with Crippen molar-refractivity contribution in [2.24, 2.45) is 0 Å². The zero-order valence-electron chi connectivity index (χ0n) is 24.7. The van der Waals surface area contributed by atoms with Gasteiger partial charge in [0.25, 0.3) is 17.7 Å². The Kier molecular flexibility index (Phi) is 13.2. The van der Waals surface area contributed by atoms with Gasteiger partial charge in [0.05, 0.1) is 11.1 Å². The van der Waals surface area contributed by atoms with E-state index in [0.29, 0.717) is 36.2 Å². The third kappa shape index (κ3) is 8.91. The molecule has 3 rings (SSSR count). The predicted octanol–water partition coefficient (Wildman–Crippen LogP) is 6.37. The summed E-state index contributed by atoms with van der Waals surface area (Å²) in [5.41, 5.74) is 2.57. The first kappa shape index (κ1) is 31.3. The Morgan fingerprint density at radius 2 is 1.38 bits per heavy atom. The van der Waals surface area contributed by atoms with Gasteiger partial charge in [-0.15, -0.1) is 0 Å². The number of hydrogen-bond donors (Lipinski definition) is 2. The highest BCUT2D eigenvalue weighted by atomic mass is 16.2. The number of carbonyl (C=O) groups is 3. The topological polar surface area (TPSA) is 81.8 Å². The van der Waals surface area contributed by atoms with Crippen molar-refractivity contribution in [3.8, 4) is 0 Å². The summed E-state index contributed by atoms with van der Waals surface area (Å²) < 4.78 is 0. The van der Waals surface area contributed by atoms with Crippen LogP contribution in [0.1, 0.15) is 110 Å². The highest BCUT2D eigenvalue weighted by Gasteiger charge is 2.39. The summed E-state index contributed by atoms with van der Waals surface area (Å²) in [7, 11) is 0. The number of amides is 3. The summed E-state index contributed by atoms with van der Waals surface area (Å²) in [6.07, 6.45) is 9.85. The number of benzene rings is 2. The van der Waals surface area contributed by atoms with Crippen LogP contribution < -0.4 is 10.6 Å². The Hall–Kier alpha value is -3.19. The lowest BCUT2D eigenvalue weighted by atomic mass is 10.0. The fourth-order valence-electron chi connectivity index (χ4n) is 5.37. The lowest BCUT2D eigenvalue weighted by Crippen LogP contribution is -2.41. The first-order valence-corrected chi connectivity index (χ1v) is 15.3. The molecule has 1 atom stereocenters. The second-order valence-electron chi connectivity index (χ2n) is 10.7. The van der Waals surface area contributed by atoms with E-state index in [0.717, 1.165) is 44.6 Å². The van der Waals surface area contributed by atoms with Crippen LogP contribution in [-0.2, 0) is 0 Å². The van der Waals surface area contributed by atoms with E-state index in [-0.39, 0.29) is 23.8 Å². The van der Waals surface area contributed by atoms with Gasteiger partial charge in [0.1, 0.15) is 0 Å². The average molecular weight is 549 g/mol. The maximum absolute atomic E-state index is 13.2. The summed E-state index contributed by atoms with van der Waals surface area (Å²) in [6, 6.07) is 14.5. The van der Waals surface area contributed by atoms with Crippen molar-refractivity contribution in [1.29, 1.82) is 0 Å². The Morgan fingerprint density at radius 1 is 0.775 bits per heavy atom. The molecule has 1 heterocycles. The van der Waals surface area contributed by atoms with Crippen LogP contribution in [0.3, 0.4) is 0 Å². The summed E-state index contributed by atoms with van der Waals surface area (Å²) in [5, 5.41) is 6.42. The summed E-state index contributed by atoms with van der Waals surface area (Å²) in [5.74, 6) is -0.422. The van der Waals surface area contributed by atoms with E-state index in [1.54, 1.807) is 12.1 Å². The summed E-state index contributed by atoms with van der Waals surface area (Å²) in [4.78, 5) is 42.6. The number of fused-ring (bicyclic) bond motifs is 1. The number of carbonyl (C=O) groups excluding carboxylic acids is 3. The maximum Gasteiger partial charge on any atom is 0.261 e. The Balaban J connectivity index is 1.53. The molecule has 1 aliphatic heterocycles. The smallest absolute Gasteiger partial charge is 0.261 e. The molecule has 2 aromatic rings. The molecule has 0 saturated heterocycles. The van der Waals surface area contributed by atoms with Crippen LogP contribution >= 0.6 is 0 Å². The first-order valence-electron chi connectivity index (χ1n) is 15.3. The molecule has 0 saturated carbocycles. The van der Waals surface area contributed by atoms with Crippen LogP contribution in [0.15, 0.2) is 48.5 Å². The van der Waals surface area contributed by atoms with Crippen molar-refractivity contribution < 1.29 is 14.4 Å². The van der Waals surface area contributed by atoms with Crippen molar-refractivity contribution >= 4 is 23.4 Å². The fourth-order valence-corrected chi connectivity index (χ4v) is 5.37. The molecule has 218 valence electrons. The zero-order valence-corrected chi connectivity index (χ0v) is 24.7. The van der Waals surface area contributed by atoms with Crippen molar-refractivity contribution in [1.82, 2.24) is 15.1 Å². The third-order valence-corrected chi connectivity index (χ3v) is 7.89. The Labute approximate surface area is 240 Å². The Morgan fingerprint density at radius 3 is 1.98 bits per heavy atom. The lowest BCUT2D eigenvalue weighted by Gasteiger charge is -2.27. The predicted molar refractivity (Wildman–Crippen MR) is 163 cm³/mol. The van der Waals surface area contributed by atoms with Crippen LogP contribution in [-0.4, -0.2) is 66.3 Å². The quantitative estimate of drug-likeness (QED) is 0.158. The molecule has 3 amide bonds. The molecule has 7 nitrogen and oxygen atoms in total. The molecule has 7 heteroatoms. The summed E-state index contributed by atoms with van der Waals surface area (Å²) in [6.45, 7) is 10.5. The molecule has 1 unspecified atom stereocenters. The number of nitrogens with zero attached hydrogens (tertiary/aromatic N) is 2. The van der Waals surface area contributed by atoms with Gasteiger partial charge in [0.15, 0.2) is 0 Å². The van der Waals surface area contributed by atoms with Crippen LogP contribution in [0.5, 0.6) is 0 Å². The molecule has 1 aliphatic rings. The summed E-state index contributed by atoms with van der Waals surface area (Å²) >= 11 is 0. The molecule has 0 spiro atoms. The van der Waals surface area contributed by atoms with Gasteiger partial charge in [0, 0.05) is 36.9 Å². The van der Waals surface area contributed by atoms with Gasteiger partial charge >= 0.3 is 0 Å². The van der Waals surface area contributed by atoms with Gasteiger partial charge in [0.2, 0.25) is 0 Å². The van der Waals surface area contributed by atoms with Crippen LogP contribution in [0, 0.1) is 0 Å². The number of hydrogen-bond acceptors (Lipinski definition) is 5. The van der Waals surface area contributed by atoms with Gasteiger partial charge in [-0.25, -0.2) is 0 Å². The second kappa shape index (κ2) is 16.8. The standard InChI is InChI=1S/C33H48N4O3/c1-4-7-8-9-10-11-12-15-28(37-32(39)29-16-13-14-17-30(29)33(37)40)22-23-34-27-20-18-26(19-21-27)31(38)35-24-25-36(5-2)6-3/h13-14,16-21,28,34H,4-12,15,22-25H2,1-3H3,(H,35,38). The normalized spacial score (nSPS) is 13.6. The largest absolute Gasteiger partial charge is 0.385 e. The van der Waals surface area contributed by atoms with Crippen molar-refractivity contribution in [3.05, 3.63) is 65.2 Å². The number of unbranched alkanes of at least 4 members (excludes halogenated alkanes) is 6. The minimum atomic E-state index is -0.176. The van der Waals surface area contributed by atoms with E-state index < -0.39 is 0 Å². The van der Waals surface area contributed by atoms with Crippen molar-refractivity contribution in [2.75, 3.05) is 38.0 Å². The van der Waals surface area contributed by atoms with E-state index in [1.165, 1.54) is 37.0 Å². The number of imide groups is 1. The first-order chi connectivity index (χ1) is 19.5. The van der Waals surface area contributed by atoms with Gasteiger partial charge in [-0.1, -0.05) is 77.8 Å². The minimum Gasteiger partial charge on any atom is -0.385 e. The Bertz CT molecular complexity index is 1050. The van der Waals surface area contributed by atoms with E-state index in [1.807, 2.05) is 36.4 Å². The molecule has 2 N–H and O–H groups in total. The van der Waals surface area contributed by atoms with Crippen LogP contribution in [0.25, 0.3) is 0 Å². The molecule has 0 bridgehead atoms. The molecular weight excluding hydrogens is 500 g/mol. The van der Waals surface area contributed by atoms with Crippen LogP contribution in [0.4, 0.5) is 5.69 Å². The van der Waals surface area contributed by atoms with E-state index in [2.05, 4.69) is 36.3 Å². The highest BCUT2D eigenvalue weighted by molar-refractivity contribution is 6.21. The SMILES string of the molecule is CCCCCCCCCC(CCNc1ccc(C(=O)NCCN(CC)CC)cc1)N1C(=O)c2ccccc2C1=O. The van der Waals surface area contributed by atoms with Crippen LogP contribution in [0.2, 0.25) is 0 Å². The molecule has 0 aromatic heterocycles. The van der Waals surface area contributed by atoms with E-state index in [4.69, 9.17) is 0 Å². The second-order valence-corrected chi connectivity index (χ2v) is 10.7. The molecular formula is C33H48N4O3. The average Bonchev–Trinajstić information content (AvgIpc) is 3.23. The van der Waals surface area contributed by atoms with Gasteiger partial charge in [-0.3, -0.25) is 19.3 Å². The third-order valence-electron chi connectivity index (χ3n) is 7.89.